The smallest absolute Gasteiger partial charge is 0.138 e. The third-order valence-electron chi connectivity index (χ3n) is 2.55. The molecule has 1 heterocycles. The Hall–Kier alpha value is -0.870. The maximum Gasteiger partial charge on any atom is 0.138 e. The lowest BCUT2D eigenvalue weighted by atomic mass is 10.1. The summed E-state index contributed by atoms with van der Waals surface area (Å²) in [5, 5.41) is 9.61. The molecule has 1 N–H and O–H groups in total. The van der Waals surface area contributed by atoms with Gasteiger partial charge in [0, 0.05) is 18.7 Å². The number of hydrogen-bond donors (Lipinski definition) is 1. The highest BCUT2D eigenvalue weighted by Gasteiger charge is 2.18. The zero-order chi connectivity index (χ0) is 12.8. The van der Waals surface area contributed by atoms with Crippen molar-refractivity contribution >= 4 is 17.4 Å². The first kappa shape index (κ1) is 14.2. The van der Waals surface area contributed by atoms with Crippen LogP contribution in [-0.4, -0.2) is 34.8 Å². The number of halogens is 1. The molecule has 0 aliphatic heterocycles. The van der Waals surface area contributed by atoms with Gasteiger partial charge in [-0.1, -0.05) is 32.4 Å². The summed E-state index contributed by atoms with van der Waals surface area (Å²) in [5.74, 6) is 1.10. The van der Waals surface area contributed by atoms with Crippen molar-refractivity contribution in [2.45, 2.75) is 33.1 Å². The predicted molar refractivity (Wildman–Crippen MR) is 70.7 cm³/mol. The topological polar surface area (TPSA) is 49.2 Å². The molecule has 0 unspecified atom stereocenters. The average Bonchev–Trinajstić information content (AvgIpc) is 2.28. The Morgan fingerprint density at radius 1 is 1.35 bits per heavy atom. The molecule has 0 bridgehead atoms. The number of nitrogens with zero attached hydrogens (tertiary/aromatic N) is 3. The summed E-state index contributed by atoms with van der Waals surface area (Å²) in [6, 6.07) is 0. The number of aliphatic hydroxyl groups is 1. The number of aromatic nitrogens is 2. The van der Waals surface area contributed by atoms with Crippen LogP contribution in [-0.2, 0) is 0 Å². The van der Waals surface area contributed by atoms with E-state index in [0.717, 1.165) is 24.3 Å². The third kappa shape index (κ3) is 3.54. The summed E-state index contributed by atoms with van der Waals surface area (Å²) in [7, 11) is 0. The molecule has 0 atom stereocenters. The second kappa shape index (κ2) is 6.77. The minimum absolute atomic E-state index is 0.110. The Labute approximate surface area is 108 Å². The summed E-state index contributed by atoms with van der Waals surface area (Å²) in [6.07, 6.45) is 2.47. The molecule has 4 nitrogen and oxygen atoms in total. The van der Waals surface area contributed by atoms with Crippen LogP contribution in [0.3, 0.4) is 0 Å². The van der Waals surface area contributed by atoms with Crippen LogP contribution in [0.2, 0.25) is 5.15 Å². The van der Waals surface area contributed by atoms with Gasteiger partial charge in [-0.2, -0.15) is 0 Å². The standard InChI is InChI=1S/C12H20ClN3O/c1-4-5-16(6-7-17)12-10(9(2)3)11(13)14-8-15-12/h8-9,17H,4-7H2,1-3H3. The number of anilines is 1. The molecule has 0 saturated heterocycles. The number of rotatable bonds is 6. The zero-order valence-corrected chi connectivity index (χ0v) is 11.4. The lowest BCUT2D eigenvalue weighted by molar-refractivity contribution is 0.301. The van der Waals surface area contributed by atoms with E-state index in [2.05, 4.69) is 35.6 Å². The van der Waals surface area contributed by atoms with Gasteiger partial charge < -0.3 is 10.0 Å². The lowest BCUT2D eigenvalue weighted by Gasteiger charge is -2.25. The Bertz CT molecular complexity index is 352. The van der Waals surface area contributed by atoms with Crippen molar-refractivity contribution in [1.82, 2.24) is 9.97 Å². The fraction of sp³-hybridized carbons (Fsp3) is 0.667. The highest BCUT2D eigenvalue weighted by atomic mass is 35.5. The van der Waals surface area contributed by atoms with Gasteiger partial charge >= 0.3 is 0 Å². The number of hydrogen-bond acceptors (Lipinski definition) is 4. The highest BCUT2D eigenvalue weighted by Crippen LogP contribution is 2.30. The molecule has 0 spiro atoms. The molecular weight excluding hydrogens is 238 g/mol. The summed E-state index contributed by atoms with van der Waals surface area (Å²) < 4.78 is 0. The van der Waals surface area contributed by atoms with Gasteiger partial charge in [0.05, 0.1) is 6.61 Å². The molecule has 5 heteroatoms. The first-order valence-corrected chi connectivity index (χ1v) is 6.35. The molecule has 96 valence electrons. The van der Waals surface area contributed by atoms with E-state index in [-0.39, 0.29) is 12.5 Å². The molecule has 0 fully saturated rings. The van der Waals surface area contributed by atoms with E-state index >= 15 is 0 Å². The van der Waals surface area contributed by atoms with E-state index in [9.17, 15) is 0 Å². The maximum atomic E-state index is 9.11. The molecule has 1 rings (SSSR count). The second-order valence-corrected chi connectivity index (χ2v) is 4.63. The molecule has 1 aromatic rings. The first-order valence-electron chi connectivity index (χ1n) is 5.98. The fourth-order valence-corrected chi connectivity index (χ4v) is 2.17. The van der Waals surface area contributed by atoms with Crippen LogP contribution in [0.15, 0.2) is 6.33 Å². The quantitative estimate of drug-likeness (QED) is 0.796. The van der Waals surface area contributed by atoms with Gasteiger partial charge in [-0.15, -0.1) is 0 Å². The van der Waals surface area contributed by atoms with Crippen LogP contribution in [0.25, 0.3) is 0 Å². The van der Waals surface area contributed by atoms with E-state index < -0.39 is 0 Å². The second-order valence-electron chi connectivity index (χ2n) is 4.27. The van der Waals surface area contributed by atoms with Crippen molar-refractivity contribution in [3.63, 3.8) is 0 Å². The van der Waals surface area contributed by atoms with Gasteiger partial charge in [0.15, 0.2) is 0 Å². The largest absolute Gasteiger partial charge is 0.395 e. The van der Waals surface area contributed by atoms with Crippen molar-refractivity contribution in [3.05, 3.63) is 17.0 Å². The summed E-state index contributed by atoms with van der Waals surface area (Å²) in [5.41, 5.74) is 0.955. The van der Waals surface area contributed by atoms with Gasteiger partial charge in [0.2, 0.25) is 0 Å². The van der Waals surface area contributed by atoms with Crippen molar-refractivity contribution in [3.8, 4) is 0 Å². The SMILES string of the molecule is CCCN(CCO)c1ncnc(Cl)c1C(C)C. The molecule has 0 aliphatic carbocycles. The van der Waals surface area contributed by atoms with E-state index in [1.807, 2.05) is 0 Å². The van der Waals surface area contributed by atoms with Crippen LogP contribution in [0.1, 0.15) is 38.7 Å². The van der Waals surface area contributed by atoms with Crippen LogP contribution in [0.5, 0.6) is 0 Å². The van der Waals surface area contributed by atoms with Gasteiger partial charge in [0.25, 0.3) is 0 Å². The summed E-state index contributed by atoms with van der Waals surface area (Å²) >= 11 is 6.13. The maximum absolute atomic E-state index is 9.11. The Kier molecular flexibility index (Phi) is 5.65. The van der Waals surface area contributed by atoms with Crippen LogP contribution in [0.4, 0.5) is 5.82 Å². The zero-order valence-electron chi connectivity index (χ0n) is 10.6. The monoisotopic (exact) mass is 257 g/mol. The van der Waals surface area contributed by atoms with Crippen LogP contribution < -0.4 is 4.90 Å². The van der Waals surface area contributed by atoms with E-state index in [4.69, 9.17) is 16.7 Å². The normalized spacial score (nSPS) is 10.9. The van der Waals surface area contributed by atoms with Gasteiger partial charge in [-0.25, -0.2) is 9.97 Å². The average molecular weight is 258 g/mol. The third-order valence-corrected chi connectivity index (χ3v) is 2.86. The first-order chi connectivity index (χ1) is 8.11. The summed E-state index contributed by atoms with van der Waals surface area (Å²) in [6.45, 7) is 7.77. The molecule has 0 aliphatic rings. The Morgan fingerprint density at radius 2 is 2.06 bits per heavy atom. The molecular formula is C12H20ClN3O. The molecule has 17 heavy (non-hydrogen) atoms. The fourth-order valence-electron chi connectivity index (χ4n) is 1.83. The molecule has 0 radical (unpaired) electrons. The summed E-state index contributed by atoms with van der Waals surface area (Å²) in [4.78, 5) is 10.4. The van der Waals surface area contributed by atoms with Gasteiger partial charge in [-0.05, 0) is 12.3 Å². The molecule has 1 aromatic heterocycles. The van der Waals surface area contributed by atoms with E-state index in [0.29, 0.717) is 11.7 Å². The number of aliphatic hydroxyl groups excluding tert-OH is 1. The highest BCUT2D eigenvalue weighted by molar-refractivity contribution is 6.30. The van der Waals surface area contributed by atoms with Gasteiger partial charge in [-0.3, -0.25) is 0 Å². The minimum atomic E-state index is 0.110. The molecule has 0 aromatic carbocycles. The van der Waals surface area contributed by atoms with Crippen molar-refractivity contribution in [2.75, 3.05) is 24.6 Å². The van der Waals surface area contributed by atoms with Crippen molar-refractivity contribution < 1.29 is 5.11 Å². The van der Waals surface area contributed by atoms with Crippen LogP contribution in [0, 0.1) is 0 Å². The Morgan fingerprint density at radius 3 is 2.59 bits per heavy atom. The van der Waals surface area contributed by atoms with Crippen LogP contribution >= 0.6 is 11.6 Å². The van der Waals surface area contributed by atoms with Crippen molar-refractivity contribution in [1.29, 1.82) is 0 Å². The predicted octanol–water partition coefficient (Wildman–Crippen LogP) is 2.46. The van der Waals surface area contributed by atoms with E-state index in [1.165, 1.54) is 6.33 Å². The molecule has 0 saturated carbocycles. The lowest BCUT2D eigenvalue weighted by Crippen LogP contribution is -2.29. The van der Waals surface area contributed by atoms with Gasteiger partial charge in [0.1, 0.15) is 17.3 Å². The van der Waals surface area contributed by atoms with Crippen molar-refractivity contribution in [2.24, 2.45) is 0 Å². The molecule has 0 amide bonds. The Balaban J connectivity index is 3.12. The minimum Gasteiger partial charge on any atom is -0.395 e. The van der Waals surface area contributed by atoms with E-state index in [1.54, 1.807) is 0 Å².